The van der Waals surface area contributed by atoms with Crippen molar-refractivity contribution in [1.29, 1.82) is 0 Å². The van der Waals surface area contributed by atoms with Gasteiger partial charge in [-0.25, -0.2) is 0 Å². The molecule has 20 heavy (non-hydrogen) atoms. The first-order chi connectivity index (χ1) is 9.78. The molecular formula is C16H16N2O2. The number of aromatic hydroxyl groups is 1. The summed E-state index contributed by atoms with van der Waals surface area (Å²) in [5.41, 5.74) is 0.582. The summed E-state index contributed by atoms with van der Waals surface area (Å²) in [6, 6.07) is 11.5. The van der Waals surface area contributed by atoms with Crippen LogP contribution in [0.2, 0.25) is 0 Å². The van der Waals surface area contributed by atoms with Crippen molar-refractivity contribution in [2.24, 2.45) is 0 Å². The van der Waals surface area contributed by atoms with Crippen molar-refractivity contribution in [3.8, 4) is 17.2 Å². The van der Waals surface area contributed by atoms with E-state index < -0.39 is 0 Å². The number of aryl methyl sites for hydroxylation is 1. The lowest BCUT2D eigenvalue weighted by molar-refractivity contribution is 0.416. The second kappa shape index (κ2) is 5.33. The topological polar surface area (TPSA) is 59.2 Å². The van der Waals surface area contributed by atoms with E-state index in [2.05, 4.69) is 17.1 Å². The quantitative estimate of drug-likeness (QED) is 0.778. The van der Waals surface area contributed by atoms with Gasteiger partial charge in [0, 0.05) is 6.42 Å². The third-order valence-electron chi connectivity index (χ3n) is 3.32. The molecule has 0 aliphatic heterocycles. The first kappa shape index (κ1) is 12.7. The molecule has 0 saturated carbocycles. The monoisotopic (exact) mass is 268 g/mol. The number of phenols is 1. The number of benzene rings is 2. The van der Waals surface area contributed by atoms with E-state index >= 15 is 0 Å². The van der Waals surface area contributed by atoms with Crippen molar-refractivity contribution in [3.05, 3.63) is 42.2 Å². The van der Waals surface area contributed by atoms with Crippen LogP contribution in [0, 0.1) is 0 Å². The molecule has 0 atom stereocenters. The molecule has 0 spiro atoms. The zero-order chi connectivity index (χ0) is 13.9. The third-order valence-corrected chi connectivity index (χ3v) is 3.32. The highest BCUT2D eigenvalue weighted by Gasteiger charge is 2.13. The largest absolute Gasteiger partial charge is 0.507 e. The zero-order valence-corrected chi connectivity index (χ0v) is 11.3. The Morgan fingerprint density at radius 2 is 1.90 bits per heavy atom. The van der Waals surface area contributed by atoms with Crippen molar-refractivity contribution >= 4 is 10.8 Å². The van der Waals surface area contributed by atoms with E-state index in [1.807, 2.05) is 30.3 Å². The first-order valence-electron chi connectivity index (χ1n) is 6.82. The lowest BCUT2D eigenvalue weighted by Gasteiger charge is -2.02. The van der Waals surface area contributed by atoms with Crippen LogP contribution in [0.15, 0.2) is 40.9 Å². The molecule has 0 aliphatic rings. The molecule has 0 amide bonds. The molecule has 1 aromatic heterocycles. The Balaban J connectivity index is 2.00. The summed E-state index contributed by atoms with van der Waals surface area (Å²) >= 11 is 0. The highest BCUT2D eigenvalue weighted by Crippen LogP contribution is 2.32. The Morgan fingerprint density at radius 3 is 2.65 bits per heavy atom. The highest BCUT2D eigenvalue weighted by molar-refractivity contribution is 5.89. The minimum Gasteiger partial charge on any atom is -0.507 e. The Morgan fingerprint density at radius 1 is 1.15 bits per heavy atom. The van der Waals surface area contributed by atoms with Crippen molar-refractivity contribution < 1.29 is 9.63 Å². The van der Waals surface area contributed by atoms with Crippen molar-refractivity contribution in [1.82, 2.24) is 10.1 Å². The van der Waals surface area contributed by atoms with Crippen molar-refractivity contribution in [3.63, 3.8) is 0 Å². The second-order valence-electron chi connectivity index (χ2n) is 4.84. The van der Waals surface area contributed by atoms with E-state index in [1.165, 1.54) is 0 Å². The van der Waals surface area contributed by atoms with E-state index in [1.54, 1.807) is 6.07 Å². The van der Waals surface area contributed by atoms with Crippen LogP contribution in [-0.2, 0) is 6.42 Å². The number of aromatic nitrogens is 2. The van der Waals surface area contributed by atoms with Crippen LogP contribution < -0.4 is 0 Å². The van der Waals surface area contributed by atoms with Gasteiger partial charge >= 0.3 is 0 Å². The molecule has 0 radical (unpaired) electrons. The number of unbranched alkanes of at least 4 members (excludes halogenated alkanes) is 1. The molecule has 0 unspecified atom stereocenters. The number of hydrogen-bond acceptors (Lipinski definition) is 4. The maximum Gasteiger partial charge on any atom is 0.261 e. The number of rotatable bonds is 4. The fraction of sp³-hybridized carbons (Fsp3) is 0.250. The van der Waals surface area contributed by atoms with Gasteiger partial charge in [0.1, 0.15) is 5.75 Å². The smallest absolute Gasteiger partial charge is 0.261 e. The normalized spacial score (nSPS) is 11.1. The van der Waals surface area contributed by atoms with Gasteiger partial charge in [-0.05, 0) is 29.3 Å². The molecule has 0 aliphatic carbocycles. The van der Waals surface area contributed by atoms with Gasteiger partial charge in [-0.1, -0.05) is 42.8 Å². The van der Waals surface area contributed by atoms with Crippen LogP contribution in [-0.4, -0.2) is 15.2 Å². The minimum absolute atomic E-state index is 0.161. The van der Waals surface area contributed by atoms with Crippen LogP contribution in [0.5, 0.6) is 5.75 Å². The summed E-state index contributed by atoms with van der Waals surface area (Å²) in [7, 11) is 0. The standard InChI is InChI=1S/C16H16N2O2/c1-2-3-8-15-17-16(20-18-15)13-9-11-6-4-5-7-12(11)10-14(13)19/h4-7,9-10,19H,2-3,8H2,1H3. The van der Waals surface area contributed by atoms with Gasteiger partial charge in [0.25, 0.3) is 5.89 Å². The SMILES string of the molecule is CCCCc1noc(-c2cc3ccccc3cc2O)n1. The van der Waals surface area contributed by atoms with Gasteiger partial charge in [0.05, 0.1) is 5.56 Å². The summed E-state index contributed by atoms with van der Waals surface area (Å²) < 4.78 is 5.26. The predicted molar refractivity (Wildman–Crippen MR) is 77.5 cm³/mol. The molecule has 2 aromatic carbocycles. The Kier molecular flexibility index (Phi) is 3.37. The van der Waals surface area contributed by atoms with Crippen LogP contribution in [0.1, 0.15) is 25.6 Å². The van der Waals surface area contributed by atoms with Crippen LogP contribution in [0.4, 0.5) is 0 Å². The number of fused-ring (bicyclic) bond motifs is 1. The van der Waals surface area contributed by atoms with Crippen LogP contribution >= 0.6 is 0 Å². The average molecular weight is 268 g/mol. The lowest BCUT2D eigenvalue weighted by atomic mass is 10.1. The molecule has 0 saturated heterocycles. The van der Waals surface area contributed by atoms with E-state index in [9.17, 15) is 5.11 Å². The summed E-state index contributed by atoms with van der Waals surface area (Å²) in [6.45, 7) is 2.12. The van der Waals surface area contributed by atoms with Crippen molar-refractivity contribution in [2.75, 3.05) is 0 Å². The maximum atomic E-state index is 10.1. The van der Waals surface area contributed by atoms with Crippen LogP contribution in [0.25, 0.3) is 22.2 Å². The molecule has 4 nitrogen and oxygen atoms in total. The van der Waals surface area contributed by atoms with Gasteiger partial charge in [-0.2, -0.15) is 4.98 Å². The van der Waals surface area contributed by atoms with E-state index in [0.717, 1.165) is 30.0 Å². The summed E-state index contributed by atoms with van der Waals surface area (Å²) in [5, 5.41) is 16.1. The van der Waals surface area contributed by atoms with E-state index in [0.29, 0.717) is 17.3 Å². The molecule has 1 heterocycles. The Hall–Kier alpha value is -2.36. The summed E-state index contributed by atoms with van der Waals surface area (Å²) in [5.74, 6) is 1.23. The van der Waals surface area contributed by atoms with Gasteiger partial charge in [-0.15, -0.1) is 0 Å². The van der Waals surface area contributed by atoms with Crippen LogP contribution in [0.3, 0.4) is 0 Å². The molecule has 102 valence electrons. The first-order valence-corrected chi connectivity index (χ1v) is 6.82. The lowest BCUT2D eigenvalue weighted by Crippen LogP contribution is -1.87. The molecule has 0 bridgehead atoms. The summed E-state index contributed by atoms with van der Waals surface area (Å²) in [6.07, 6.45) is 2.92. The highest BCUT2D eigenvalue weighted by atomic mass is 16.5. The Bertz CT molecular complexity index is 734. The number of hydrogen-bond donors (Lipinski definition) is 1. The zero-order valence-electron chi connectivity index (χ0n) is 11.3. The average Bonchev–Trinajstić information content (AvgIpc) is 2.93. The second-order valence-corrected chi connectivity index (χ2v) is 4.84. The van der Waals surface area contributed by atoms with E-state index in [4.69, 9.17) is 4.52 Å². The molecule has 3 rings (SSSR count). The summed E-state index contributed by atoms with van der Waals surface area (Å²) in [4.78, 5) is 4.35. The van der Waals surface area contributed by atoms with Gasteiger partial charge in [0.2, 0.25) is 0 Å². The third kappa shape index (κ3) is 2.37. The van der Waals surface area contributed by atoms with Gasteiger partial charge in [-0.3, -0.25) is 0 Å². The number of phenolic OH excluding ortho intramolecular Hbond substituents is 1. The number of nitrogens with zero attached hydrogens (tertiary/aromatic N) is 2. The molecular weight excluding hydrogens is 252 g/mol. The fourth-order valence-electron chi connectivity index (χ4n) is 2.20. The van der Waals surface area contributed by atoms with Gasteiger partial charge < -0.3 is 9.63 Å². The Labute approximate surface area is 117 Å². The van der Waals surface area contributed by atoms with Gasteiger partial charge in [0.15, 0.2) is 5.82 Å². The molecule has 3 aromatic rings. The molecule has 4 heteroatoms. The fourth-order valence-corrected chi connectivity index (χ4v) is 2.20. The molecule has 0 fully saturated rings. The van der Waals surface area contributed by atoms with Crippen molar-refractivity contribution in [2.45, 2.75) is 26.2 Å². The molecule has 1 N–H and O–H groups in total. The maximum absolute atomic E-state index is 10.1. The van der Waals surface area contributed by atoms with E-state index in [-0.39, 0.29) is 5.75 Å². The minimum atomic E-state index is 0.161. The predicted octanol–water partition coefficient (Wildman–Crippen LogP) is 3.94.